The van der Waals surface area contributed by atoms with Crippen molar-refractivity contribution in [3.63, 3.8) is 0 Å². The number of nitrogens with one attached hydrogen (secondary N) is 1. The zero-order valence-corrected chi connectivity index (χ0v) is 10.6. The summed E-state index contributed by atoms with van der Waals surface area (Å²) < 4.78 is 47.7. The predicted molar refractivity (Wildman–Crippen MR) is 65.0 cm³/mol. The second kappa shape index (κ2) is 6.24. The normalized spacial score (nSPS) is 11.8. The summed E-state index contributed by atoms with van der Waals surface area (Å²) in [5.74, 6) is -5.96. The van der Waals surface area contributed by atoms with Crippen LogP contribution in [0.2, 0.25) is 0 Å². The maximum absolute atomic E-state index is 12.5. The smallest absolute Gasteiger partial charge is 0.341 e. The first-order valence-corrected chi connectivity index (χ1v) is 6.63. The first kappa shape index (κ1) is 15.8. The quantitative estimate of drug-likeness (QED) is 0.798. The van der Waals surface area contributed by atoms with Gasteiger partial charge in [0.2, 0.25) is 15.7 Å². The third-order valence-corrected chi connectivity index (χ3v) is 3.50. The fraction of sp³-hybridized carbons (Fsp3) is 0.0909. The number of sulfone groups is 1. The van der Waals surface area contributed by atoms with Gasteiger partial charge in [0.25, 0.3) is 0 Å². The second-order valence-electron chi connectivity index (χ2n) is 3.46. The molecule has 0 aliphatic rings. The number of carboxylic acid groups (broad SMARTS) is 1. The largest absolute Gasteiger partial charge is 0.478 e. The van der Waals surface area contributed by atoms with Crippen molar-refractivity contribution in [3.8, 4) is 0 Å². The first-order valence-electron chi connectivity index (χ1n) is 5.08. The van der Waals surface area contributed by atoms with Crippen LogP contribution in [0.3, 0.4) is 0 Å². The van der Waals surface area contributed by atoms with Crippen LogP contribution in [0.15, 0.2) is 41.3 Å². The predicted octanol–water partition coefficient (Wildman–Crippen LogP) is 1.26. The second-order valence-corrected chi connectivity index (χ2v) is 5.35. The lowest BCUT2D eigenvalue weighted by Gasteiger charge is -2.09. The minimum Gasteiger partial charge on any atom is -0.478 e. The van der Waals surface area contributed by atoms with Crippen molar-refractivity contribution < 1.29 is 31.9 Å². The Labute approximate surface area is 112 Å². The van der Waals surface area contributed by atoms with E-state index in [0.29, 0.717) is 12.2 Å². The van der Waals surface area contributed by atoms with Crippen LogP contribution in [-0.2, 0) is 19.4 Å². The lowest BCUT2D eigenvalue weighted by molar-refractivity contribution is -0.131. The molecule has 0 bridgehead atoms. The molecule has 108 valence electrons. The van der Waals surface area contributed by atoms with Crippen molar-refractivity contribution >= 4 is 27.4 Å². The Morgan fingerprint density at radius 2 is 1.80 bits per heavy atom. The molecule has 1 rings (SSSR count). The number of hydrogen-bond donors (Lipinski definition) is 2. The topological polar surface area (TPSA) is 101 Å². The highest BCUT2D eigenvalue weighted by Crippen LogP contribution is 2.25. The van der Waals surface area contributed by atoms with Gasteiger partial charge in [-0.2, -0.15) is 8.78 Å². The molecule has 0 saturated heterocycles. The van der Waals surface area contributed by atoms with E-state index in [1.54, 1.807) is 0 Å². The summed E-state index contributed by atoms with van der Waals surface area (Å²) in [6, 6.07) is 4.58. The highest BCUT2D eigenvalue weighted by atomic mass is 32.2. The Kier molecular flexibility index (Phi) is 4.92. The van der Waals surface area contributed by atoms with Crippen LogP contribution < -0.4 is 5.32 Å². The van der Waals surface area contributed by atoms with E-state index >= 15 is 0 Å². The Hall–Kier alpha value is -2.29. The van der Waals surface area contributed by atoms with Crippen molar-refractivity contribution in [2.24, 2.45) is 0 Å². The molecule has 0 aromatic heterocycles. The first-order chi connectivity index (χ1) is 9.25. The zero-order valence-electron chi connectivity index (χ0n) is 9.79. The molecule has 20 heavy (non-hydrogen) atoms. The number of carbonyl (C=O) groups is 2. The number of halogens is 2. The average molecular weight is 305 g/mol. The average Bonchev–Trinajstić information content (AvgIpc) is 2.36. The standard InChI is InChI=1S/C11H9F2NO5S/c12-11(13)20(18,19)8-4-2-1-3-7(8)14-9(15)5-6-10(16)17/h1-6,11H,(H,14,15)(H,16,17)/b6-5+. The number of alkyl halides is 2. The van der Waals surface area contributed by atoms with Crippen LogP contribution >= 0.6 is 0 Å². The Bertz CT molecular complexity index is 655. The van der Waals surface area contributed by atoms with Gasteiger partial charge in [-0.25, -0.2) is 13.2 Å². The van der Waals surface area contributed by atoms with Crippen LogP contribution in [0.25, 0.3) is 0 Å². The van der Waals surface area contributed by atoms with Crippen LogP contribution in [0.5, 0.6) is 0 Å². The molecule has 0 unspecified atom stereocenters. The molecule has 0 heterocycles. The van der Waals surface area contributed by atoms with E-state index in [-0.39, 0.29) is 5.69 Å². The van der Waals surface area contributed by atoms with Gasteiger partial charge in [0.15, 0.2) is 0 Å². The van der Waals surface area contributed by atoms with Crippen LogP contribution in [0, 0.1) is 0 Å². The summed E-state index contributed by atoms with van der Waals surface area (Å²) in [6.07, 6.45) is 1.16. The summed E-state index contributed by atoms with van der Waals surface area (Å²) in [4.78, 5) is 20.8. The summed E-state index contributed by atoms with van der Waals surface area (Å²) in [6.45, 7) is 0. The van der Waals surface area contributed by atoms with Gasteiger partial charge in [-0.1, -0.05) is 12.1 Å². The summed E-state index contributed by atoms with van der Waals surface area (Å²) >= 11 is 0. The minimum absolute atomic E-state index is 0.354. The Morgan fingerprint density at radius 3 is 2.35 bits per heavy atom. The molecule has 0 aliphatic carbocycles. The number of amides is 1. The molecular formula is C11H9F2NO5S. The maximum atomic E-state index is 12.5. The maximum Gasteiger partial charge on any atom is 0.341 e. The van der Waals surface area contributed by atoms with Crippen LogP contribution in [0.1, 0.15) is 0 Å². The van der Waals surface area contributed by atoms with E-state index < -0.39 is 32.4 Å². The highest BCUT2D eigenvalue weighted by Gasteiger charge is 2.29. The third-order valence-electron chi connectivity index (χ3n) is 2.06. The molecule has 0 fully saturated rings. The van der Waals surface area contributed by atoms with E-state index in [2.05, 4.69) is 0 Å². The molecule has 0 atom stereocenters. The number of rotatable bonds is 5. The molecule has 0 spiro atoms. The van der Waals surface area contributed by atoms with E-state index in [1.807, 2.05) is 5.32 Å². The molecule has 1 aromatic rings. The van der Waals surface area contributed by atoms with Gasteiger partial charge in [0.05, 0.1) is 10.6 Å². The summed E-state index contributed by atoms with van der Waals surface area (Å²) in [5.41, 5.74) is -0.354. The van der Waals surface area contributed by atoms with Crippen LogP contribution in [0.4, 0.5) is 14.5 Å². The molecule has 0 saturated carbocycles. The highest BCUT2D eigenvalue weighted by molar-refractivity contribution is 7.91. The molecule has 9 heteroatoms. The number of carbonyl (C=O) groups excluding carboxylic acids is 1. The lowest BCUT2D eigenvalue weighted by atomic mass is 10.3. The monoisotopic (exact) mass is 305 g/mol. The number of para-hydroxylation sites is 1. The molecule has 0 aliphatic heterocycles. The van der Waals surface area contributed by atoms with E-state index in [4.69, 9.17) is 5.11 Å². The molecule has 1 aromatic carbocycles. The summed E-state index contributed by atoms with van der Waals surface area (Å²) in [7, 11) is -4.87. The van der Waals surface area contributed by atoms with Gasteiger partial charge in [-0.05, 0) is 12.1 Å². The number of carboxylic acids is 1. The van der Waals surface area contributed by atoms with Crippen molar-refractivity contribution in [2.45, 2.75) is 10.7 Å². The van der Waals surface area contributed by atoms with Gasteiger partial charge in [0.1, 0.15) is 0 Å². The van der Waals surface area contributed by atoms with Crippen LogP contribution in [-0.4, -0.2) is 31.2 Å². The SMILES string of the molecule is O=C(O)/C=C/C(=O)Nc1ccccc1S(=O)(=O)C(F)F. The van der Waals surface area contributed by atoms with E-state index in [1.165, 1.54) is 12.1 Å². The molecule has 2 N–H and O–H groups in total. The molecular weight excluding hydrogens is 296 g/mol. The van der Waals surface area contributed by atoms with Gasteiger partial charge in [0, 0.05) is 12.2 Å². The number of aliphatic carboxylic acids is 1. The molecule has 1 amide bonds. The van der Waals surface area contributed by atoms with E-state index in [9.17, 15) is 26.8 Å². The fourth-order valence-corrected chi connectivity index (χ4v) is 2.12. The molecule has 0 radical (unpaired) electrons. The van der Waals surface area contributed by atoms with Gasteiger partial charge < -0.3 is 10.4 Å². The minimum atomic E-state index is -4.87. The molecule has 6 nitrogen and oxygen atoms in total. The Balaban J connectivity index is 3.10. The van der Waals surface area contributed by atoms with Gasteiger partial charge >= 0.3 is 11.7 Å². The lowest BCUT2D eigenvalue weighted by Crippen LogP contribution is -2.16. The number of anilines is 1. The van der Waals surface area contributed by atoms with Gasteiger partial charge in [-0.3, -0.25) is 4.79 Å². The zero-order chi connectivity index (χ0) is 15.3. The third kappa shape index (κ3) is 3.85. The van der Waals surface area contributed by atoms with Crippen molar-refractivity contribution in [2.75, 3.05) is 5.32 Å². The number of hydrogen-bond acceptors (Lipinski definition) is 4. The van der Waals surface area contributed by atoms with Gasteiger partial charge in [-0.15, -0.1) is 0 Å². The van der Waals surface area contributed by atoms with Crippen molar-refractivity contribution in [1.82, 2.24) is 0 Å². The van der Waals surface area contributed by atoms with Crippen molar-refractivity contribution in [1.29, 1.82) is 0 Å². The Morgan fingerprint density at radius 1 is 1.20 bits per heavy atom. The van der Waals surface area contributed by atoms with Crippen molar-refractivity contribution in [3.05, 3.63) is 36.4 Å². The number of benzene rings is 1. The fourth-order valence-electron chi connectivity index (χ4n) is 1.24. The van der Waals surface area contributed by atoms with E-state index in [0.717, 1.165) is 12.1 Å². The summed E-state index contributed by atoms with van der Waals surface area (Å²) in [5, 5.41) is 10.3.